The number of rotatable bonds is 5. The van der Waals surface area contributed by atoms with Gasteiger partial charge in [0.1, 0.15) is 0 Å². The molecular weight excluding hydrogens is 643 g/mol. The Morgan fingerprint density at radius 2 is 0.887 bits per heavy atom. The molecule has 53 heavy (non-hydrogen) atoms. The molecule has 1 aliphatic rings. The second-order valence-electron chi connectivity index (χ2n) is 13.7. The van der Waals surface area contributed by atoms with Crippen molar-refractivity contribution in [2.75, 3.05) is 0 Å². The highest BCUT2D eigenvalue weighted by atomic mass is 15.1. The van der Waals surface area contributed by atoms with Crippen LogP contribution in [0.3, 0.4) is 0 Å². The molecule has 0 saturated carbocycles. The molecule has 8 aromatic carbocycles. The maximum atomic E-state index is 4.96. The SMILES string of the molecule is c1ccc(-c2nc3ncccn3c2-c2ccc(-c3ccc4c5c(cccc35)-c3c-4c(-c4ccccc4)c4ccccc4c3-c3ccccc3)cc2)cc1. The van der Waals surface area contributed by atoms with E-state index in [0.717, 1.165) is 22.5 Å². The summed E-state index contributed by atoms with van der Waals surface area (Å²) in [7, 11) is 0. The zero-order valence-corrected chi connectivity index (χ0v) is 28.7. The molecule has 0 unspecified atom stereocenters. The van der Waals surface area contributed by atoms with Crippen LogP contribution in [0.2, 0.25) is 0 Å². The Morgan fingerprint density at radius 3 is 1.53 bits per heavy atom. The molecule has 11 rings (SSSR count). The average Bonchev–Trinajstić information content (AvgIpc) is 3.78. The minimum atomic E-state index is 0.690. The largest absolute Gasteiger partial charge is 0.283 e. The van der Waals surface area contributed by atoms with Gasteiger partial charge in [-0.05, 0) is 83.2 Å². The predicted octanol–water partition coefficient (Wildman–Crippen LogP) is 13.0. The van der Waals surface area contributed by atoms with Gasteiger partial charge in [-0.2, -0.15) is 0 Å². The van der Waals surface area contributed by atoms with E-state index in [1.165, 1.54) is 77.2 Å². The number of benzene rings is 8. The van der Waals surface area contributed by atoms with Gasteiger partial charge >= 0.3 is 0 Å². The molecule has 0 atom stereocenters. The number of nitrogens with zero attached hydrogens (tertiary/aromatic N) is 3. The van der Waals surface area contributed by atoms with Crippen molar-refractivity contribution in [2.24, 2.45) is 0 Å². The minimum Gasteiger partial charge on any atom is -0.283 e. The number of fused-ring (bicyclic) bond motifs is 5. The van der Waals surface area contributed by atoms with E-state index in [4.69, 9.17) is 4.98 Å². The molecule has 10 aromatic rings. The molecule has 2 heterocycles. The van der Waals surface area contributed by atoms with Gasteiger partial charge in [0.15, 0.2) is 0 Å². The van der Waals surface area contributed by atoms with E-state index in [2.05, 4.69) is 173 Å². The third-order valence-corrected chi connectivity index (χ3v) is 10.8. The van der Waals surface area contributed by atoms with Crippen LogP contribution < -0.4 is 0 Å². The summed E-state index contributed by atoms with van der Waals surface area (Å²) in [6, 6.07) is 63.6. The molecule has 246 valence electrons. The minimum absolute atomic E-state index is 0.690. The standard InChI is InChI=1S/C50H31N3/c1-4-14-33(15-5-1)43-39-20-10-11-21-40(39)44(34-16-6-2-7-17-34)47-42-29-28-37(38-22-12-23-41(45(38)42)46(43)47)32-24-26-36(27-25-32)49-48(35-18-8-3-9-19-35)52-50-51-30-13-31-53(49)50/h1-31H. The van der Waals surface area contributed by atoms with Crippen molar-refractivity contribution in [1.29, 1.82) is 0 Å². The summed E-state index contributed by atoms with van der Waals surface area (Å²) in [4.78, 5) is 9.53. The van der Waals surface area contributed by atoms with E-state index in [1.54, 1.807) is 6.20 Å². The maximum absolute atomic E-state index is 4.96. The first-order valence-corrected chi connectivity index (χ1v) is 18.1. The van der Waals surface area contributed by atoms with Crippen molar-refractivity contribution in [3.8, 4) is 78.1 Å². The van der Waals surface area contributed by atoms with E-state index in [-0.39, 0.29) is 0 Å². The van der Waals surface area contributed by atoms with E-state index < -0.39 is 0 Å². The second kappa shape index (κ2) is 11.7. The van der Waals surface area contributed by atoms with E-state index in [1.807, 2.05) is 18.3 Å². The smallest absolute Gasteiger partial charge is 0.234 e. The van der Waals surface area contributed by atoms with Gasteiger partial charge in [-0.15, -0.1) is 0 Å². The number of hydrogen-bond acceptors (Lipinski definition) is 2. The Labute approximate surface area is 307 Å². The molecule has 0 spiro atoms. The zero-order valence-electron chi connectivity index (χ0n) is 28.7. The second-order valence-corrected chi connectivity index (χ2v) is 13.7. The number of aromatic nitrogens is 3. The molecule has 0 amide bonds. The van der Waals surface area contributed by atoms with Crippen molar-refractivity contribution in [2.45, 2.75) is 0 Å². The van der Waals surface area contributed by atoms with E-state index in [9.17, 15) is 0 Å². The average molecular weight is 674 g/mol. The van der Waals surface area contributed by atoms with Crippen LogP contribution >= 0.6 is 0 Å². The Kier molecular flexibility index (Phi) is 6.55. The molecule has 0 aliphatic heterocycles. The molecule has 0 bridgehead atoms. The van der Waals surface area contributed by atoms with Gasteiger partial charge < -0.3 is 0 Å². The summed E-state index contributed by atoms with van der Waals surface area (Å²) in [6.07, 6.45) is 3.84. The van der Waals surface area contributed by atoms with Crippen molar-refractivity contribution in [3.05, 3.63) is 188 Å². The molecule has 3 nitrogen and oxygen atoms in total. The molecule has 0 saturated heterocycles. The third-order valence-electron chi connectivity index (χ3n) is 10.8. The summed E-state index contributed by atoms with van der Waals surface area (Å²) in [6.45, 7) is 0. The number of hydrogen-bond donors (Lipinski definition) is 0. The normalized spacial score (nSPS) is 11.8. The summed E-state index contributed by atoms with van der Waals surface area (Å²) in [5.41, 5.74) is 16.8. The van der Waals surface area contributed by atoms with E-state index in [0.29, 0.717) is 5.78 Å². The van der Waals surface area contributed by atoms with Crippen LogP contribution in [-0.4, -0.2) is 14.4 Å². The Balaban J connectivity index is 1.13. The topological polar surface area (TPSA) is 30.2 Å². The van der Waals surface area contributed by atoms with Crippen LogP contribution in [0.15, 0.2) is 188 Å². The number of imidazole rings is 1. The maximum Gasteiger partial charge on any atom is 0.234 e. The van der Waals surface area contributed by atoms with Crippen molar-refractivity contribution in [3.63, 3.8) is 0 Å². The Hall–Kier alpha value is -7.10. The van der Waals surface area contributed by atoms with Gasteiger partial charge in [0.2, 0.25) is 5.78 Å². The van der Waals surface area contributed by atoms with Crippen LogP contribution in [-0.2, 0) is 0 Å². The molecule has 2 aromatic heterocycles. The lowest BCUT2D eigenvalue weighted by Gasteiger charge is -2.20. The Morgan fingerprint density at radius 1 is 0.358 bits per heavy atom. The van der Waals surface area contributed by atoms with Gasteiger partial charge in [0, 0.05) is 23.5 Å². The van der Waals surface area contributed by atoms with Crippen LogP contribution in [0.4, 0.5) is 0 Å². The molecular formula is C50H31N3. The quantitative estimate of drug-likeness (QED) is 0.182. The fourth-order valence-corrected chi connectivity index (χ4v) is 8.63. The van der Waals surface area contributed by atoms with Gasteiger partial charge in [-0.1, -0.05) is 170 Å². The first-order chi connectivity index (χ1) is 26.3. The van der Waals surface area contributed by atoms with Crippen LogP contribution in [0, 0.1) is 0 Å². The summed E-state index contributed by atoms with van der Waals surface area (Å²) in [5.74, 6) is 0.690. The molecule has 1 aliphatic carbocycles. The summed E-state index contributed by atoms with van der Waals surface area (Å²) >= 11 is 0. The van der Waals surface area contributed by atoms with Gasteiger partial charge in [-0.25, -0.2) is 9.97 Å². The van der Waals surface area contributed by atoms with Crippen molar-refractivity contribution < 1.29 is 0 Å². The third kappa shape index (κ3) is 4.47. The monoisotopic (exact) mass is 673 g/mol. The molecule has 0 radical (unpaired) electrons. The first kappa shape index (κ1) is 29.6. The fraction of sp³-hybridized carbons (Fsp3) is 0. The predicted molar refractivity (Wildman–Crippen MR) is 220 cm³/mol. The lowest BCUT2D eigenvalue weighted by molar-refractivity contribution is 1.11. The van der Waals surface area contributed by atoms with Crippen molar-refractivity contribution >= 4 is 27.3 Å². The molecule has 0 N–H and O–H groups in total. The van der Waals surface area contributed by atoms with Crippen LogP contribution in [0.5, 0.6) is 0 Å². The highest BCUT2D eigenvalue weighted by molar-refractivity contribution is 6.28. The highest BCUT2D eigenvalue weighted by Gasteiger charge is 2.31. The van der Waals surface area contributed by atoms with Gasteiger partial charge in [0.25, 0.3) is 0 Å². The van der Waals surface area contributed by atoms with E-state index >= 15 is 0 Å². The lowest BCUT2D eigenvalue weighted by atomic mass is 9.82. The fourth-order valence-electron chi connectivity index (χ4n) is 8.63. The van der Waals surface area contributed by atoms with Gasteiger partial charge in [0.05, 0.1) is 11.4 Å². The first-order valence-electron chi connectivity index (χ1n) is 18.1. The van der Waals surface area contributed by atoms with Crippen molar-refractivity contribution in [1.82, 2.24) is 14.4 Å². The summed E-state index contributed by atoms with van der Waals surface area (Å²) in [5, 5.41) is 5.12. The Bertz CT molecular complexity index is 2920. The van der Waals surface area contributed by atoms with Crippen LogP contribution in [0.25, 0.3) is 105 Å². The molecule has 0 fully saturated rings. The zero-order chi connectivity index (χ0) is 34.9. The lowest BCUT2D eigenvalue weighted by Crippen LogP contribution is -1.93. The highest BCUT2D eigenvalue weighted by Crippen LogP contribution is 2.58. The van der Waals surface area contributed by atoms with Crippen LogP contribution in [0.1, 0.15) is 0 Å². The molecule has 3 heteroatoms. The summed E-state index contributed by atoms with van der Waals surface area (Å²) < 4.78 is 2.09. The van der Waals surface area contributed by atoms with Gasteiger partial charge in [-0.3, -0.25) is 4.40 Å².